The maximum absolute atomic E-state index is 12.9. The molecule has 0 aromatic carbocycles. The van der Waals surface area contributed by atoms with Crippen molar-refractivity contribution in [1.82, 2.24) is 10.2 Å². The zero-order valence-corrected chi connectivity index (χ0v) is 13.2. The number of nitrogens with one attached hydrogen (secondary N) is 1. The summed E-state index contributed by atoms with van der Waals surface area (Å²) in [6, 6.07) is -2.20. The summed E-state index contributed by atoms with van der Waals surface area (Å²) >= 11 is 0. The van der Waals surface area contributed by atoms with Crippen LogP contribution in [-0.4, -0.2) is 46.6 Å². The lowest BCUT2D eigenvalue weighted by Gasteiger charge is -2.26. The summed E-state index contributed by atoms with van der Waals surface area (Å²) < 4.78 is 50.5. The molecular formula is C14H20F4N2O3. The fourth-order valence-corrected chi connectivity index (χ4v) is 2.55. The second-order valence-electron chi connectivity index (χ2n) is 5.91. The van der Waals surface area contributed by atoms with Crippen LogP contribution in [0.3, 0.4) is 0 Å². The lowest BCUT2D eigenvalue weighted by Crippen LogP contribution is -2.46. The van der Waals surface area contributed by atoms with Gasteiger partial charge >= 0.3 is 0 Å². The van der Waals surface area contributed by atoms with Crippen molar-refractivity contribution in [3.63, 3.8) is 0 Å². The van der Waals surface area contributed by atoms with Gasteiger partial charge in [0, 0.05) is 33.6 Å². The minimum Gasteiger partial charge on any atom is -0.347 e. The van der Waals surface area contributed by atoms with Crippen LogP contribution in [0.4, 0.5) is 17.6 Å². The number of likely N-dealkylation sites (tertiary alicyclic amines) is 1. The van der Waals surface area contributed by atoms with Crippen molar-refractivity contribution in [3.8, 4) is 0 Å². The lowest BCUT2D eigenvalue weighted by atomic mass is 10.1. The normalized spacial score (nSPS) is 25.1. The monoisotopic (exact) mass is 340 g/mol. The third-order valence-electron chi connectivity index (χ3n) is 3.74. The lowest BCUT2D eigenvalue weighted by molar-refractivity contribution is -0.150. The van der Waals surface area contributed by atoms with Crippen molar-refractivity contribution in [2.75, 3.05) is 0 Å². The number of imide groups is 1. The average Bonchev–Trinajstić information content (AvgIpc) is 2.94. The molecule has 9 heteroatoms. The van der Waals surface area contributed by atoms with E-state index in [1.165, 1.54) is 0 Å². The van der Waals surface area contributed by atoms with E-state index in [2.05, 4.69) is 5.32 Å². The summed E-state index contributed by atoms with van der Waals surface area (Å²) in [7, 11) is 0. The molecule has 2 atom stereocenters. The van der Waals surface area contributed by atoms with Gasteiger partial charge in [0.25, 0.3) is 11.8 Å². The molecule has 1 N–H and O–H groups in total. The molecule has 2 saturated heterocycles. The van der Waals surface area contributed by atoms with Crippen molar-refractivity contribution in [3.05, 3.63) is 0 Å². The first-order chi connectivity index (χ1) is 10.3. The Labute approximate surface area is 131 Å². The van der Waals surface area contributed by atoms with Gasteiger partial charge in [0.05, 0.1) is 6.04 Å². The quantitative estimate of drug-likeness (QED) is 0.783. The molecule has 2 aliphatic heterocycles. The fourth-order valence-electron chi connectivity index (χ4n) is 2.55. The van der Waals surface area contributed by atoms with Crippen molar-refractivity contribution < 1.29 is 31.9 Å². The summed E-state index contributed by atoms with van der Waals surface area (Å²) in [5.41, 5.74) is 0. The second-order valence-corrected chi connectivity index (χ2v) is 5.91. The standard InChI is InChI=1S/C8H11F2NO2.C6H9F2NO/c1-5(12)11-6(8(2,9)10)3-4-7(11)13;1-6(7,8)4-2-3-5(10)9-4/h6H,3-4H2,1-2H3;4H,2-3H2,1H3,(H,9,10). The highest BCUT2D eigenvalue weighted by Gasteiger charge is 2.46. The molecule has 0 aromatic heterocycles. The summed E-state index contributed by atoms with van der Waals surface area (Å²) in [6.07, 6.45) is 0.575. The molecule has 0 saturated carbocycles. The number of carbonyl (C=O) groups excluding carboxylic acids is 3. The number of hydrogen-bond donors (Lipinski definition) is 1. The molecule has 2 unspecified atom stereocenters. The van der Waals surface area contributed by atoms with Gasteiger partial charge in [-0.1, -0.05) is 0 Å². The number of halogens is 4. The minimum atomic E-state index is -3.00. The molecular weight excluding hydrogens is 320 g/mol. The predicted octanol–water partition coefficient (Wildman–Crippen LogP) is 2.10. The Balaban J connectivity index is 0.000000238. The summed E-state index contributed by atoms with van der Waals surface area (Å²) in [6.45, 7) is 2.68. The molecule has 2 heterocycles. The highest BCUT2D eigenvalue weighted by atomic mass is 19.3. The van der Waals surface area contributed by atoms with Crippen LogP contribution in [0.15, 0.2) is 0 Å². The van der Waals surface area contributed by atoms with Gasteiger partial charge in [-0.05, 0) is 12.8 Å². The average molecular weight is 340 g/mol. The van der Waals surface area contributed by atoms with E-state index >= 15 is 0 Å². The molecule has 2 aliphatic rings. The smallest absolute Gasteiger partial charge is 0.265 e. The van der Waals surface area contributed by atoms with Crippen molar-refractivity contribution in [2.45, 2.75) is 70.4 Å². The second kappa shape index (κ2) is 6.84. The third-order valence-corrected chi connectivity index (χ3v) is 3.74. The van der Waals surface area contributed by atoms with Gasteiger partial charge in [0.15, 0.2) is 0 Å². The van der Waals surface area contributed by atoms with E-state index in [0.717, 1.165) is 20.8 Å². The third kappa shape index (κ3) is 5.18. The minimum absolute atomic E-state index is 0.0354. The first kappa shape index (κ1) is 19.4. The zero-order chi connectivity index (χ0) is 18.0. The largest absolute Gasteiger partial charge is 0.347 e. The van der Waals surface area contributed by atoms with Crippen LogP contribution < -0.4 is 5.32 Å². The van der Waals surface area contributed by atoms with Crippen LogP contribution in [0.5, 0.6) is 0 Å². The molecule has 2 fully saturated rings. The molecule has 0 spiro atoms. The molecule has 132 valence electrons. The van der Waals surface area contributed by atoms with Crippen molar-refractivity contribution in [2.24, 2.45) is 0 Å². The van der Waals surface area contributed by atoms with E-state index < -0.39 is 35.7 Å². The first-order valence-corrected chi connectivity index (χ1v) is 7.21. The fraction of sp³-hybridized carbons (Fsp3) is 0.786. The van der Waals surface area contributed by atoms with E-state index in [-0.39, 0.29) is 31.6 Å². The van der Waals surface area contributed by atoms with E-state index in [9.17, 15) is 31.9 Å². The Morgan fingerprint density at radius 3 is 1.91 bits per heavy atom. The highest BCUT2D eigenvalue weighted by Crippen LogP contribution is 2.31. The van der Waals surface area contributed by atoms with Gasteiger partial charge < -0.3 is 5.32 Å². The number of alkyl halides is 4. The first-order valence-electron chi connectivity index (χ1n) is 7.21. The number of nitrogens with zero attached hydrogens (tertiary/aromatic N) is 1. The van der Waals surface area contributed by atoms with Crippen LogP contribution >= 0.6 is 0 Å². The van der Waals surface area contributed by atoms with Crippen molar-refractivity contribution >= 4 is 17.7 Å². The van der Waals surface area contributed by atoms with E-state index in [4.69, 9.17) is 0 Å². The van der Waals surface area contributed by atoms with Crippen LogP contribution in [0.25, 0.3) is 0 Å². The van der Waals surface area contributed by atoms with E-state index in [1.807, 2.05) is 0 Å². The van der Waals surface area contributed by atoms with Gasteiger partial charge in [-0.25, -0.2) is 17.6 Å². The maximum Gasteiger partial charge on any atom is 0.265 e. The van der Waals surface area contributed by atoms with Gasteiger partial charge in [-0.15, -0.1) is 0 Å². The van der Waals surface area contributed by atoms with Gasteiger partial charge in [-0.2, -0.15) is 0 Å². The molecule has 5 nitrogen and oxygen atoms in total. The van der Waals surface area contributed by atoms with E-state index in [0.29, 0.717) is 4.90 Å². The molecule has 3 amide bonds. The van der Waals surface area contributed by atoms with Crippen LogP contribution in [0, 0.1) is 0 Å². The topological polar surface area (TPSA) is 66.5 Å². The van der Waals surface area contributed by atoms with Crippen LogP contribution in [0.2, 0.25) is 0 Å². The molecule has 0 radical (unpaired) electrons. The molecule has 0 aliphatic carbocycles. The highest BCUT2D eigenvalue weighted by molar-refractivity contribution is 5.96. The Morgan fingerprint density at radius 2 is 1.65 bits per heavy atom. The van der Waals surface area contributed by atoms with Crippen molar-refractivity contribution in [1.29, 1.82) is 0 Å². The number of carbonyl (C=O) groups is 3. The maximum atomic E-state index is 12.9. The number of rotatable bonds is 2. The van der Waals surface area contributed by atoms with Gasteiger partial charge in [0.1, 0.15) is 6.04 Å². The number of hydrogen-bond acceptors (Lipinski definition) is 3. The van der Waals surface area contributed by atoms with Gasteiger partial charge in [-0.3, -0.25) is 19.3 Å². The summed E-state index contributed by atoms with van der Waals surface area (Å²) in [5.74, 6) is -7.15. The Morgan fingerprint density at radius 1 is 1.09 bits per heavy atom. The predicted molar refractivity (Wildman–Crippen MR) is 73.0 cm³/mol. The van der Waals surface area contributed by atoms with Gasteiger partial charge in [0.2, 0.25) is 17.7 Å². The van der Waals surface area contributed by atoms with Crippen LogP contribution in [-0.2, 0) is 14.4 Å². The zero-order valence-electron chi connectivity index (χ0n) is 13.2. The molecule has 0 aromatic rings. The molecule has 23 heavy (non-hydrogen) atoms. The van der Waals surface area contributed by atoms with E-state index in [1.54, 1.807) is 0 Å². The Bertz CT molecular complexity index is 485. The number of amides is 3. The Hall–Kier alpha value is -1.67. The molecule has 0 bridgehead atoms. The Kier molecular flexibility index (Phi) is 5.76. The van der Waals surface area contributed by atoms with Crippen LogP contribution in [0.1, 0.15) is 46.5 Å². The summed E-state index contributed by atoms with van der Waals surface area (Å²) in [5, 5.41) is 2.20. The summed E-state index contributed by atoms with van der Waals surface area (Å²) in [4.78, 5) is 33.1. The molecule has 2 rings (SSSR count). The SMILES string of the molecule is CC(=O)N1C(=O)CCC1C(C)(F)F.CC(F)(F)C1CCC(=O)N1.